The lowest BCUT2D eigenvalue weighted by atomic mass is 10.2. The largest absolute Gasteiger partial charge is 0.383 e. The molecule has 4 heteroatoms. The van der Waals surface area contributed by atoms with Gasteiger partial charge in [0.1, 0.15) is 0 Å². The fourth-order valence-electron chi connectivity index (χ4n) is 1.89. The Hall–Kier alpha value is -0.870. The smallest absolute Gasteiger partial charge is 0.0642 e. The summed E-state index contributed by atoms with van der Waals surface area (Å²) in [6, 6.07) is 8.42. The molecule has 0 aromatic heterocycles. The standard InChI is InChI=1S/C12H18N2OS/c16-10-5-13-11-3-1-2-4-12(11)14-6-8-15-9-7-14/h1-4,13,16H,5-10H2. The lowest BCUT2D eigenvalue weighted by molar-refractivity contribution is 0.123. The highest BCUT2D eigenvalue weighted by Crippen LogP contribution is 2.25. The van der Waals surface area contributed by atoms with Gasteiger partial charge in [-0.15, -0.1) is 0 Å². The van der Waals surface area contributed by atoms with Gasteiger partial charge in [0.15, 0.2) is 0 Å². The average molecular weight is 238 g/mol. The predicted molar refractivity (Wildman–Crippen MR) is 71.8 cm³/mol. The summed E-state index contributed by atoms with van der Waals surface area (Å²) in [6.07, 6.45) is 0. The van der Waals surface area contributed by atoms with E-state index in [0.29, 0.717) is 0 Å². The summed E-state index contributed by atoms with van der Waals surface area (Å²) in [4.78, 5) is 2.37. The van der Waals surface area contributed by atoms with Gasteiger partial charge in [-0.05, 0) is 12.1 Å². The molecular weight excluding hydrogens is 220 g/mol. The van der Waals surface area contributed by atoms with E-state index in [1.165, 1.54) is 11.4 Å². The number of nitrogens with one attached hydrogen (secondary N) is 1. The van der Waals surface area contributed by atoms with Crippen molar-refractivity contribution in [3.63, 3.8) is 0 Å². The van der Waals surface area contributed by atoms with Gasteiger partial charge in [-0.25, -0.2) is 0 Å². The summed E-state index contributed by atoms with van der Waals surface area (Å²) >= 11 is 4.22. The van der Waals surface area contributed by atoms with Gasteiger partial charge in [-0.2, -0.15) is 12.6 Å². The van der Waals surface area contributed by atoms with Gasteiger partial charge in [0.05, 0.1) is 24.6 Å². The Morgan fingerprint density at radius 2 is 2.00 bits per heavy atom. The van der Waals surface area contributed by atoms with Gasteiger partial charge in [0, 0.05) is 25.4 Å². The molecule has 0 saturated carbocycles. The van der Waals surface area contributed by atoms with Crippen LogP contribution in [0.2, 0.25) is 0 Å². The van der Waals surface area contributed by atoms with Crippen molar-refractivity contribution in [1.82, 2.24) is 0 Å². The van der Waals surface area contributed by atoms with Gasteiger partial charge in [-0.3, -0.25) is 0 Å². The topological polar surface area (TPSA) is 24.5 Å². The number of ether oxygens (including phenoxy) is 1. The molecule has 0 bridgehead atoms. The summed E-state index contributed by atoms with van der Waals surface area (Å²) in [5, 5.41) is 3.40. The van der Waals surface area contributed by atoms with E-state index >= 15 is 0 Å². The van der Waals surface area contributed by atoms with Gasteiger partial charge < -0.3 is 15.0 Å². The number of thiol groups is 1. The molecule has 16 heavy (non-hydrogen) atoms. The quantitative estimate of drug-likeness (QED) is 0.783. The maximum atomic E-state index is 5.37. The van der Waals surface area contributed by atoms with Crippen LogP contribution in [0.15, 0.2) is 24.3 Å². The van der Waals surface area contributed by atoms with E-state index in [0.717, 1.165) is 38.6 Å². The first-order valence-electron chi connectivity index (χ1n) is 5.68. The van der Waals surface area contributed by atoms with Crippen LogP contribution in [0.5, 0.6) is 0 Å². The molecule has 1 saturated heterocycles. The highest BCUT2D eigenvalue weighted by Gasteiger charge is 2.13. The molecule has 88 valence electrons. The normalized spacial score (nSPS) is 16.2. The number of benzene rings is 1. The zero-order chi connectivity index (χ0) is 11.2. The van der Waals surface area contributed by atoms with Crippen LogP contribution in [0, 0.1) is 0 Å². The Morgan fingerprint density at radius 1 is 1.25 bits per heavy atom. The molecule has 1 aliphatic rings. The molecule has 1 heterocycles. The van der Waals surface area contributed by atoms with E-state index in [-0.39, 0.29) is 0 Å². The van der Waals surface area contributed by atoms with Crippen LogP contribution >= 0.6 is 12.6 Å². The number of rotatable bonds is 4. The molecule has 0 radical (unpaired) electrons. The minimum absolute atomic E-state index is 0.820. The lowest BCUT2D eigenvalue weighted by Gasteiger charge is -2.30. The first-order chi connectivity index (χ1) is 7.92. The summed E-state index contributed by atoms with van der Waals surface area (Å²) in [6.45, 7) is 4.48. The fourth-order valence-corrected chi connectivity index (χ4v) is 2.01. The summed E-state index contributed by atoms with van der Waals surface area (Å²) < 4.78 is 5.37. The van der Waals surface area contributed by atoms with Gasteiger partial charge in [0.2, 0.25) is 0 Å². The van der Waals surface area contributed by atoms with Crippen LogP contribution in [-0.4, -0.2) is 38.6 Å². The van der Waals surface area contributed by atoms with Crippen LogP contribution in [-0.2, 0) is 4.74 Å². The molecule has 0 aliphatic carbocycles. The molecule has 3 nitrogen and oxygen atoms in total. The lowest BCUT2D eigenvalue weighted by Crippen LogP contribution is -2.36. The van der Waals surface area contributed by atoms with Crippen molar-refractivity contribution in [3.05, 3.63) is 24.3 Å². The van der Waals surface area contributed by atoms with Crippen LogP contribution in [0.25, 0.3) is 0 Å². The molecular formula is C12H18N2OS. The van der Waals surface area contributed by atoms with Crippen LogP contribution in [0.4, 0.5) is 11.4 Å². The molecule has 1 aromatic carbocycles. The van der Waals surface area contributed by atoms with Crippen LogP contribution in [0.3, 0.4) is 0 Å². The first kappa shape index (κ1) is 11.6. The maximum absolute atomic E-state index is 5.37. The third-order valence-corrected chi connectivity index (χ3v) is 2.91. The van der Waals surface area contributed by atoms with Crippen molar-refractivity contribution in [2.45, 2.75) is 0 Å². The number of hydrogen-bond donors (Lipinski definition) is 2. The van der Waals surface area contributed by atoms with Crippen molar-refractivity contribution in [2.24, 2.45) is 0 Å². The molecule has 0 spiro atoms. The van der Waals surface area contributed by atoms with Crippen molar-refractivity contribution in [1.29, 1.82) is 0 Å². The van der Waals surface area contributed by atoms with Gasteiger partial charge in [-0.1, -0.05) is 12.1 Å². The Bertz CT molecular complexity index is 327. The molecule has 0 unspecified atom stereocenters. The monoisotopic (exact) mass is 238 g/mol. The third kappa shape index (κ3) is 2.83. The van der Waals surface area contributed by atoms with E-state index in [1.807, 2.05) is 0 Å². The fraction of sp³-hybridized carbons (Fsp3) is 0.500. The van der Waals surface area contributed by atoms with E-state index in [9.17, 15) is 0 Å². The van der Waals surface area contributed by atoms with E-state index in [2.05, 4.69) is 47.1 Å². The van der Waals surface area contributed by atoms with Crippen molar-refractivity contribution in [2.75, 3.05) is 48.8 Å². The van der Waals surface area contributed by atoms with Crippen molar-refractivity contribution < 1.29 is 4.74 Å². The molecule has 1 aromatic rings. The van der Waals surface area contributed by atoms with Gasteiger partial charge in [0.25, 0.3) is 0 Å². The number of anilines is 2. The minimum atomic E-state index is 0.820. The summed E-state index contributed by atoms with van der Waals surface area (Å²) in [5.41, 5.74) is 2.46. The Kier molecular flexibility index (Phi) is 4.36. The molecule has 2 rings (SSSR count). The predicted octanol–water partition coefficient (Wildman–Crippen LogP) is 1.86. The summed E-state index contributed by atoms with van der Waals surface area (Å²) in [5.74, 6) is 0.845. The number of nitrogens with zero attached hydrogens (tertiary/aromatic N) is 1. The SMILES string of the molecule is SCCNc1ccccc1N1CCOCC1. The Balaban J connectivity index is 2.11. The van der Waals surface area contributed by atoms with Crippen molar-refractivity contribution >= 4 is 24.0 Å². The first-order valence-corrected chi connectivity index (χ1v) is 6.31. The van der Waals surface area contributed by atoms with E-state index < -0.39 is 0 Å². The zero-order valence-electron chi connectivity index (χ0n) is 9.35. The zero-order valence-corrected chi connectivity index (χ0v) is 10.2. The molecule has 0 amide bonds. The number of hydrogen-bond acceptors (Lipinski definition) is 4. The Labute approximate surface area is 102 Å². The van der Waals surface area contributed by atoms with E-state index in [4.69, 9.17) is 4.74 Å². The number of para-hydroxylation sites is 2. The minimum Gasteiger partial charge on any atom is -0.383 e. The highest BCUT2D eigenvalue weighted by atomic mass is 32.1. The summed E-state index contributed by atoms with van der Waals surface area (Å²) in [7, 11) is 0. The van der Waals surface area contributed by atoms with Crippen LogP contribution in [0.1, 0.15) is 0 Å². The maximum Gasteiger partial charge on any atom is 0.0642 e. The highest BCUT2D eigenvalue weighted by molar-refractivity contribution is 7.80. The molecule has 1 N–H and O–H groups in total. The van der Waals surface area contributed by atoms with Crippen molar-refractivity contribution in [3.8, 4) is 0 Å². The molecule has 0 atom stereocenters. The second-order valence-corrected chi connectivity index (χ2v) is 4.21. The third-order valence-electron chi connectivity index (χ3n) is 2.68. The van der Waals surface area contributed by atoms with E-state index in [1.54, 1.807) is 0 Å². The average Bonchev–Trinajstić information content (AvgIpc) is 2.38. The molecule has 1 fully saturated rings. The second-order valence-electron chi connectivity index (χ2n) is 3.77. The Morgan fingerprint density at radius 3 is 2.75 bits per heavy atom. The molecule has 1 aliphatic heterocycles. The van der Waals surface area contributed by atoms with Gasteiger partial charge >= 0.3 is 0 Å². The second kappa shape index (κ2) is 6.01. The van der Waals surface area contributed by atoms with Crippen LogP contribution < -0.4 is 10.2 Å². The number of morpholine rings is 1.